The number of nitrogens with zero attached hydrogens (tertiary/aromatic N) is 3. The number of nitrogens with two attached hydrogens (primary N) is 1. The Bertz CT molecular complexity index is 663. The zero-order chi connectivity index (χ0) is 16.2. The zero-order valence-electron chi connectivity index (χ0n) is 13.1. The average Bonchev–Trinajstić information content (AvgIpc) is 3.10. The van der Waals surface area contributed by atoms with Crippen molar-refractivity contribution in [3.05, 3.63) is 36.5 Å². The Morgan fingerprint density at radius 1 is 1.39 bits per heavy atom. The van der Waals surface area contributed by atoms with Crippen LogP contribution in [-0.4, -0.2) is 39.7 Å². The molecule has 3 N–H and O–H groups in total. The summed E-state index contributed by atoms with van der Waals surface area (Å²) < 4.78 is 7.09. The van der Waals surface area contributed by atoms with Gasteiger partial charge in [0.2, 0.25) is 0 Å². The highest BCUT2D eigenvalue weighted by Gasteiger charge is 2.23. The fourth-order valence-electron chi connectivity index (χ4n) is 2.89. The number of imidazole rings is 1. The standard InChI is InChI=1S/C16H21N5O2/c1-23-12-4-2-11(3-5-12)20-16(22)13-8-15(19-9-14(13)17)21-7-6-18-10-21/h6-12H,2-5,17H2,1H3,(H,20,22). The van der Waals surface area contributed by atoms with Crippen LogP contribution in [0, 0.1) is 0 Å². The van der Waals surface area contributed by atoms with E-state index in [0.717, 1.165) is 25.7 Å². The normalized spacial score (nSPS) is 21.1. The van der Waals surface area contributed by atoms with Gasteiger partial charge in [0.1, 0.15) is 12.1 Å². The zero-order valence-corrected chi connectivity index (χ0v) is 13.1. The summed E-state index contributed by atoms with van der Waals surface area (Å²) in [5.74, 6) is 0.456. The summed E-state index contributed by atoms with van der Waals surface area (Å²) in [6.45, 7) is 0. The Morgan fingerprint density at radius 2 is 2.17 bits per heavy atom. The molecule has 0 bridgehead atoms. The van der Waals surface area contributed by atoms with E-state index in [2.05, 4.69) is 15.3 Å². The lowest BCUT2D eigenvalue weighted by Crippen LogP contribution is -2.39. The van der Waals surface area contributed by atoms with E-state index >= 15 is 0 Å². The maximum Gasteiger partial charge on any atom is 0.253 e. The quantitative estimate of drug-likeness (QED) is 0.892. The second-order valence-corrected chi connectivity index (χ2v) is 5.78. The van der Waals surface area contributed by atoms with Gasteiger partial charge in [-0.15, -0.1) is 0 Å². The van der Waals surface area contributed by atoms with Crippen LogP contribution in [0.15, 0.2) is 31.0 Å². The van der Waals surface area contributed by atoms with Gasteiger partial charge in [-0.1, -0.05) is 0 Å². The second kappa shape index (κ2) is 6.78. The van der Waals surface area contributed by atoms with Gasteiger partial charge in [-0.2, -0.15) is 0 Å². The van der Waals surface area contributed by atoms with E-state index < -0.39 is 0 Å². The summed E-state index contributed by atoms with van der Waals surface area (Å²) in [5.41, 5.74) is 6.74. The molecule has 3 rings (SSSR count). The van der Waals surface area contributed by atoms with Gasteiger partial charge in [0.15, 0.2) is 0 Å². The van der Waals surface area contributed by atoms with Gasteiger partial charge < -0.3 is 15.8 Å². The predicted molar refractivity (Wildman–Crippen MR) is 86.3 cm³/mol. The Balaban J connectivity index is 1.71. The van der Waals surface area contributed by atoms with E-state index in [1.807, 2.05) is 0 Å². The summed E-state index contributed by atoms with van der Waals surface area (Å²) >= 11 is 0. The number of amides is 1. The third kappa shape index (κ3) is 3.50. The molecule has 1 aliphatic rings. The molecule has 0 unspecified atom stereocenters. The minimum Gasteiger partial charge on any atom is -0.397 e. The number of aromatic nitrogens is 3. The largest absolute Gasteiger partial charge is 0.397 e. The Morgan fingerprint density at radius 3 is 2.83 bits per heavy atom. The number of carbonyl (C=O) groups excluding carboxylic acids is 1. The van der Waals surface area contributed by atoms with Gasteiger partial charge >= 0.3 is 0 Å². The molecule has 2 aromatic rings. The highest BCUT2D eigenvalue weighted by Crippen LogP contribution is 2.22. The van der Waals surface area contributed by atoms with E-state index in [0.29, 0.717) is 23.2 Å². The van der Waals surface area contributed by atoms with Crippen LogP contribution in [0.2, 0.25) is 0 Å². The van der Waals surface area contributed by atoms with Crippen LogP contribution < -0.4 is 11.1 Å². The molecule has 122 valence electrons. The molecule has 0 radical (unpaired) electrons. The molecule has 0 aromatic carbocycles. The number of methoxy groups -OCH3 is 1. The molecule has 0 aliphatic heterocycles. The SMILES string of the molecule is COC1CCC(NC(=O)c2cc(-n3ccnc3)ncc2N)CC1. The van der Waals surface area contributed by atoms with Crippen LogP contribution in [0.3, 0.4) is 0 Å². The summed E-state index contributed by atoms with van der Waals surface area (Å²) in [6, 6.07) is 1.85. The van der Waals surface area contributed by atoms with Gasteiger partial charge in [0.05, 0.1) is 23.6 Å². The fourth-order valence-corrected chi connectivity index (χ4v) is 2.89. The van der Waals surface area contributed by atoms with Crippen LogP contribution in [0.25, 0.3) is 5.82 Å². The summed E-state index contributed by atoms with van der Waals surface area (Å²) in [7, 11) is 1.73. The van der Waals surface area contributed by atoms with Gasteiger partial charge in [-0.3, -0.25) is 9.36 Å². The van der Waals surface area contributed by atoms with Crippen molar-refractivity contribution in [2.24, 2.45) is 0 Å². The molecule has 23 heavy (non-hydrogen) atoms. The summed E-state index contributed by atoms with van der Waals surface area (Å²) in [5, 5.41) is 3.07. The molecule has 1 amide bonds. The summed E-state index contributed by atoms with van der Waals surface area (Å²) in [4.78, 5) is 20.7. The van der Waals surface area contributed by atoms with Gasteiger partial charge in [0.25, 0.3) is 5.91 Å². The molecule has 0 saturated heterocycles. The van der Waals surface area contributed by atoms with Crippen LogP contribution in [0.4, 0.5) is 5.69 Å². The van der Waals surface area contributed by atoms with Crippen LogP contribution in [0.5, 0.6) is 0 Å². The molecule has 1 saturated carbocycles. The third-order valence-corrected chi connectivity index (χ3v) is 4.28. The van der Waals surface area contributed by atoms with Crippen LogP contribution >= 0.6 is 0 Å². The van der Waals surface area contributed by atoms with Gasteiger partial charge in [-0.05, 0) is 31.7 Å². The minimum absolute atomic E-state index is 0.160. The van der Waals surface area contributed by atoms with Crippen LogP contribution in [0.1, 0.15) is 36.0 Å². The Labute approximate surface area is 134 Å². The number of nitrogens with one attached hydrogen (secondary N) is 1. The Kier molecular flexibility index (Phi) is 4.57. The first-order valence-corrected chi connectivity index (χ1v) is 7.75. The second-order valence-electron chi connectivity index (χ2n) is 5.78. The first-order valence-electron chi connectivity index (χ1n) is 7.75. The molecule has 0 atom stereocenters. The molecule has 0 spiro atoms. The highest BCUT2D eigenvalue weighted by molar-refractivity contribution is 5.99. The molecule has 7 nitrogen and oxygen atoms in total. The maximum atomic E-state index is 12.5. The number of pyridine rings is 1. The topological polar surface area (TPSA) is 95.1 Å². The van der Waals surface area contributed by atoms with E-state index in [1.54, 1.807) is 36.5 Å². The van der Waals surface area contributed by atoms with E-state index in [4.69, 9.17) is 10.5 Å². The van der Waals surface area contributed by atoms with Crippen molar-refractivity contribution in [1.82, 2.24) is 19.9 Å². The maximum absolute atomic E-state index is 12.5. The number of anilines is 1. The molecular weight excluding hydrogens is 294 g/mol. The fraction of sp³-hybridized carbons (Fsp3) is 0.438. The van der Waals surface area contributed by atoms with E-state index in [1.165, 1.54) is 6.20 Å². The van der Waals surface area contributed by atoms with Crippen molar-refractivity contribution in [2.75, 3.05) is 12.8 Å². The third-order valence-electron chi connectivity index (χ3n) is 4.28. The number of nitrogen functional groups attached to an aromatic ring is 1. The van der Waals surface area contributed by atoms with Crippen molar-refractivity contribution < 1.29 is 9.53 Å². The van der Waals surface area contributed by atoms with E-state index in [9.17, 15) is 4.79 Å². The number of hydrogen-bond donors (Lipinski definition) is 2. The molecule has 1 aliphatic carbocycles. The number of ether oxygens (including phenoxy) is 1. The van der Waals surface area contributed by atoms with Gasteiger partial charge in [0, 0.05) is 25.5 Å². The number of carbonyl (C=O) groups is 1. The average molecular weight is 315 g/mol. The molecule has 1 fully saturated rings. The van der Waals surface area contributed by atoms with Gasteiger partial charge in [-0.25, -0.2) is 9.97 Å². The lowest BCUT2D eigenvalue weighted by molar-refractivity contribution is 0.0599. The number of hydrogen-bond acceptors (Lipinski definition) is 5. The molecule has 7 heteroatoms. The van der Waals surface area contributed by atoms with Crippen molar-refractivity contribution in [3.8, 4) is 5.82 Å². The summed E-state index contributed by atoms with van der Waals surface area (Å²) in [6.07, 6.45) is 10.6. The monoisotopic (exact) mass is 315 g/mol. The van der Waals surface area contributed by atoms with Crippen LogP contribution in [-0.2, 0) is 4.74 Å². The highest BCUT2D eigenvalue weighted by atomic mass is 16.5. The Hall–Kier alpha value is -2.41. The predicted octanol–water partition coefficient (Wildman–Crippen LogP) is 1.54. The number of rotatable bonds is 4. The first-order chi connectivity index (χ1) is 11.2. The van der Waals surface area contributed by atoms with Crippen molar-refractivity contribution in [3.63, 3.8) is 0 Å². The van der Waals surface area contributed by atoms with Crippen molar-refractivity contribution in [1.29, 1.82) is 0 Å². The van der Waals surface area contributed by atoms with E-state index in [-0.39, 0.29) is 11.9 Å². The smallest absolute Gasteiger partial charge is 0.253 e. The lowest BCUT2D eigenvalue weighted by Gasteiger charge is -2.28. The van der Waals surface area contributed by atoms with Crippen molar-refractivity contribution in [2.45, 2.75) is 37.8 Å². The molecule has 2 heterocycles. The first kappa shape index (κ1) is 15.5. The molecule has 2 aromatic heterocycles. The minimum atomic E-state index is -0.160. The lowest BCUT2D eigenvalue weighted by atomic mass is 9.93. The van der Waals surface area contributed by atoms with Crippen molar-refractivity contribution >= 4 is 11.6 Å². The molecular formula is C16H21N5O2.